The van der Waals surface area contributed by atoms with Crippen LogP contribution in [0.1, 0.15) is 42.1 Å². The number of hydrogen-bond donors (Lipinski definition) is 3. The minimum Gasteiger partial charge on any atom is -0.396 e. The van der Waals surface area contributed by atoms with E-state index in [9.17, 15) is 9.90 Å². The molecule has 18 heavy (non-hydrogen) atoms. The zero-order valence-electron chi connectivity index (χ0n) is 10.6. The molecule has 0 aliphatic heterocycles. The van der Waals surface area contributed by atoms with Gasteiger partial charge >= 0.3 is 0 Å². The first-order chi connectivity index (χ1) is 8.70. The van der Waals surface area contributed by atoms with Gasteiger partial charge in [0.15, 0.2) is 0 Å². The maximum absolute atomic E-state index is 11.8. The maximum atomic E-state index is 11.8. The summed E-state index contributed by atoms with van der Waals surface area (Å²) >= 11 is 0. The largest absolute Gasteiger partial charge is 0.396 e. The van der Waals surface area contributed by atoms with Crippen molar-refractivity contribution in [3.05, 3.63) is 11.6 Å². The first-order valence-corrected chi connectivity index (χ1v) is 6.48. The van der Waals surface area contributed by atoms with Crippen LogP contribution in [0.5, 0.6) is 0 Å². The van der Waals surface area contributed by atoms with E-state index in [0.717, 1.165) is 12.8 Å². The molecule has 6 heteroatoms. The number of aromatic nitrogens is 3. The smallest absolute Gasteiger partial charge is 0.290 e. The number of amides is 1. The van der Waals surface area contributed by atoms with Crippen molar-refractivity contribution >= 4 is 5.91 Å². The summed E-state index contributed by atoms with van der Waals surface area (Å²) in [6.07, 6.45) is 4.47. The number of carbonyl (C=O) groups is 1. The molecule has 100 valence electrons. The molecule has 2 unspecified atom stereocenters. The van der Waals surface area contributed by atoms with E-state index in [2.05, 4.69) is 20.5 Å². The van der Waals surface area contributed by atoms with Crippen LogP contribution in [0, 0.1) is 18.8 Å². The molecule has 1 aromatic heterocycles. The molecular formula is C12H20N4O2. The van der Waals surface area contributed by atoms with E-state index < -0.39 is 0 Å². The Morgan fingerprint density at radius 1 is 1.44 bits per heavy atom. The van der Waals surface area contributed by atoms with Gasteiger partial charge in [-0.25, -0.2) is 4.98 Å². The van der Waals surface area contributed by atoms with E-state index >= 15 is 0 Å². The molecule has 0 aromatic carbocycles. The molecule has 1 heterocycles. The van der Waals surface area contributed by atoms with Gasteiger partial charge in [0.25, 0.3) is 5.91 Å². The Hall–Kier alpha value is -1.43. The van der Waals surface area contributed by atoms with Gasteiger partial charge in [0.05, 0.1) is 0 Å². The van der Waals surface area contributed by atoms with Gasteiger partial charge in [-0.15, -0.1) is 5.10 Å². The second-order valence-corrected chi connectivity index (χ2v) is 4.94. The Labute approximate surface area is 106 Å². The van der Waals surface area contributed by atoms with Crippen molar-refractivity contribution in [2.75, 3.05) is 13.2 Å². The fraction of sp³-hybridized carbons (Fsp3) is 0.750. The topological polar surface area (TPSA) is 90.9 Å². The molecule has 1 aliphatic rings. The lowest BCUT2D eigenvalue weighted by Gasteiger charge is -2.30. The molecule has 0 radical (unpaired) electrons. The van der Waals surface area contributed by atoms with Crippen molar-refractivity contribution < 1.29 is 9.90 Å². The normalized spacial score (nSPS) is 23.9. The van der Waals surface area contributed by atoms with Gasteiger partial charge < -0.3 is 10.4 Å². The van der Waals surface area contributed by atoms with Gasteiger partial charge in [-0.3, -0.25) is 9.89 Å². The van der Waals surface area contributed by atoms with Crippen LogP contribution in [0.2, 0.25) is 0 Å². The predicted octanol–water partition coefficient (Wildman–Crippen LogP) is 0.642. The Morgan fingerprint density at radius 3 is 2.78 bits per heavy atom. The van der Waals surface area contributed by atoms with E-state index in [0.29, 0.717) is 24.2 Å². The van der Waals surface area contributed by atoms with Crippen molar-refractivity contribution in [1.29, 1.82) is 0 Å². The number of carbonyl (C=O) groups excluding carboxylic acids is 1. The summed E-state index contributed by atoms with van der Waals surface area (Å²) in [6, 6.07) is 0. The number of aryl methyl sites for hydroxylation is 1. The molecule has 1 aromatic rings. The molecule has 6 nitrogen and oxygen atoms in total. The Balaban J connectivity index is 1.85. The number of hydrogen-bond acceptors (Lipinski definition) is 4. The standard InChI is InChI=1S/C12H20N4O2/c1-8-14-11(16-15-8)12(18)13-6-9-4-2-3-5-10(9)7-17/h9-10,17H,2-7H2,1H3,(H,13,18)(H,14,15,16). The number of aromatic amines is 1. The predicted molar refractivity (Wildman–Crippen MR) is 66.0 cm³/mol. The average Bonchev–Trinajstić information content (AvgIpc) is 2.83. The summed E-state index contributed by atoms with van der Waals surface area (Å²) in [7, 11) is 0. The average molecular weight is 252 g/mol. The van der Waals surface area contributed by atoms with Gasteiger partial charge in [-0.1, -0.05) is 12.8 Å². The summed E-state index contributed by atoms with van der Waals surface area (Å²) in [5.41, 5.74) is 0. The van der Waals surface area contributed by atoms with Gasteiger partial charge in [0.2, 0.25) is 5.82 Å². The fourth-order valence-electron chi connectivity index (χ4n) is 2.54. The van der Waals surface area contributed by atoms with Crippen LogP contribution in [0.15, 0.2) is 0 Å². The minimum atomic E-state index is -0.249. The van der Waals surface area contributed by atoms with Crippen LogP contribution in [0.25, 0.3) is 0 Å². The van der Waals surface area contributed by atoms with Crippen LogP contribution in [-0.2, 0) is 0 Å². The Kier molecular flexibility index (Phi) is 4.30. The van der Waals surface area contributed by atoms with Crippen molar-refractivity contribution in [1.82, 2.24) is 20.5 Å². The number of H-pyrrole nitrogens is 1. The van der Waals surface area contributed by atoms with Crippen LogP contribution in [0.4, 0.5) is 0 Å². The zero-order chi connectivity index (χ0) is 13.0. The molecule has 0 spiro atoms. The van der Waals surface area contributed by atoms with E-state index in [1.165, 1.54) is 12.8 Å². The molecule has 2 rings (SSSR count). The van der Waals surface area contributed by atoms with Crippen LogP contribution in [-0.4, -0.2) is 39.3 Å². The minimum absolute atomic E-state index is 0.184. The maximum Gasteiger partial charge on any atom is 0.290 e. The fourth-order valence-corrected chi connectivity index (χ4v) is 2.54. The van der Waals surface area contributed by atoms with Gasteiger partial charge in [-0.05, 0) is 31.6 Å². The van der Waals surface area contributed by atoms with Gasteiger partial charge in [-0.2, -0.15) is 0 Å². The van der Waals surface area contributed by atoms with E-state index in [1.54, 1.807) is 6.92 Å². The van der Waals surface area contributed by atoms with Crippen molar-refractivity contribution in [3.63, 3.8) is 0 Å². The molecule has 1 aliphatic carbocycles. The quantitative estimate of drug-likeness (QED) is 0.733. The van der Waals surface area contributed by atoms with Gasteiger partial charge in [0.1, 0.15) is 5.82 Å². The lowest BCUT2D eigenvalue weighted by atomic mass is 9.79. The number of nitrogens with one attached hydrogen (secondary N) is 2. The third-order valence-corrected chi connectivity index (χ3v) is 3.63. The Morgan fingerprint density at radius 2 is 2.17 bits per heavy atom. The molecule has 1 fully saturated rings. The summed E-state index contributed by atoms with van der Waals surface area (Å²) in [6.45, 7) is 2.56. The highest BCUT2D eigenvalue weighted by Crippen LogP contribution is 2.29. The highest BCUT2D eigenvalue weighted by Gasteiger charge is 2.25. The van der Waals surface area contributed by atoms with Crippen LogP contribution >= 0.6 is 0 Å². The summed E-state index contributed by atoms with van der Waals surface area (Å²) in [5.74, 6) is 1.25. The second-order valence-electron chi connectivity index (χ2n) is 4.94. The molecule has 2 atom stereocenters. The zero-order valence-corrected chi connectivity index (χ0v) is 10.6. The van der Waals surface area contributed by atoms with E-state index in [1.807, 2.05) is 0 Å². The van der Waals surface area contributed by atoms with Crippen LogP contribution < -0.4 is 5.32 Å². The van der Waals surface area contributed by atoms with Crippen molar-refractivity contribution in [2.45, 2.75) is 32.6 Å². The SMILES string of the molecule is Cc1nc(C(=O)NCC2CCCCC2CO)n[nH]1. The lowest BCUT2D eigenvalue weighted by Crippen LogP contribution is -2.35. The molecule has 3 N–H and O–H groups in total. The van der Waals surface area contributed by atoms with E-state index in [-0.39, 0.29) is 18.3 Å². The number of aliphatic hydroxyl groups excluding tert-OH is 1. The van der Waals surface area contributed by atoms with Crippen molar-refractivity contribution in [2.24, 2.45) is 11.8 Å². The molecule has 1 saturated carbocycles. The summed E-state index contributed by atoms with van der Waals surface area (Å²) < 4.78 is 0. The van der Waals surface area contributed by atoms with E-state index in [4.69, 9.17) is 0 Å². The van der Waals surface area contributed by atoms with Crippen molar-refractivity contribution in [3.8, 4) is 0 Å². The number of aliphatic hydroxyl groups is 1. The third-order valence-electron chi connectivity index (χ3n) is 3.63. The first kappa shape index (κ1) is 13.0. The summed E-state index contributed by atoms with van der Waals surface area (Å²) in [4.78, 5) is 15.8. The molecule has 0 bridgehead atoms. The highest BCUT2D eigenvalue weighted by molar-refractivity contribution is 5.90. The second kappa shape index (κ2) is 5.95. The number of nitrogens with zero attached hydrogens (tertiary/aromatic N) is 2. The molecular weight excluding hydrogens is 232 g/mol. The lowest BCUT2D eigenvalue weighted by molar-refractivity contribution is 0.0900. The van der Waals surface area contributed by atoms with Crippen LogP contribution in [0.3, 0.4) is 0 Å². The number of rotatable bonds is 4. The van der Waals surface area contributed by atoms with Gasteiger partial charge in [0, 0.05) is 13.2 Å². The molecule has 1 amide bonds. The third kappa shape index (κ3) is 3.07. The first-order valence-electron chi connectivity index (χ1n) is 6.48. The monoisotopic (exact) mass is 252 g/mol. The summed E-state index contributed by atoms with van der Waals surface area (Å²) in [5, 5.41) is 18.6. The molecule has 0 saturated heterocycles. The Bertz CT molecular complexity index is 405. The highest BCUT2D eigenvalue weighted by atomic mass is 16.3.